The fraction of sp³-hybridized carbons (Fsp3) is 0.562. The van der Waals surface area contributed by atoms with Gasteiger partial charge in [0.1, 0.15) is 12.2 Å². The monoisotopic (exact) mass is 342 g/mol. The van der Waals surface area contributed by atoms with Crippen LogP contribution >= 0.6 is 0 Å². The summed E-state index contributed by atoms with van der Waals surface area (Å²) in [5, 5.41) is 12.1. The van der Waals surface area contributed by atoms with Gasteiger partial charge in [0, 0.05) is 19.4 Å². The fourth-order valence-electron chi connectivity index (χ4n) is 2.85. The maximum atomic E-state index is 12.7. The number of hydrogen-bond donors (Lipinski definition) is 1. The lowest BCUT2D eigenvalue weighted by Crippen LogP contribution is -2.38. The maximum Gasteiger partial charge on any atom is 0.416 e. The highest BCUT2D eigenvalue weighted by molar-refractivity contribution is 5.59. The van der Waals surface area contributed by atoms with E-state index < -0.39 is 17.5 Å². The smallest absolute Gasteiger partial charge is 0.381 e. The molecule has 0 aliphatic carbocycles. The molecule has 24 heavy (non-hydrogen) atoms. The van der Waals surface area contributed by atoms with E-state index in [0.29, 0.717) is 44.9 Å². The Kier molecular flexibility index (Phi) is 4.67. The number of ether oxygens (including phenoxy) is 3. The van der Waals surface area contributed by atoms with E-state index in [2.05, 4.69) is 5.32 Å². The molecule has 2 fully saturated rings. The minimum Gasteiger partial charge on any atom is -0.381 e. The number of hydrogen-bond acceptors (Lipinski definition) is 5. The highest BCUT2D eigenvalue weighted by Gasteiger charge is 2.42. The van der Waals surface area contributed by atoms with Gasteiger partial charge in [-0.3, -0.25) is 0 Å². The Morgan fingerprint density at radius 1 is 1.29 bits per heavy atom. The zero-order valence-electron chi connectivity index (χ0n) is 12.9. The van der Waals surface area contributed by atoms with Crippen molar-refractivity contribution < 1.29 is 27.4 Å². The van der Waals surface area contributed by atoms with Crippen molar-refractivity contribution in [3.63, 3.8) is 0 Å². The van der Waals surface area contributed by atoms with Crippen LogP contribution in [0.3, 0.4) is 0 Å². The Labute approximate surface area is 137 Å². The lowest BCUT2D eigenvalue weighted by Gasteiger charge is -2.31. The van der Waals surface area contributed by atoms with Gasteiger partial charge in [-0.25, -0.2) is 0 Å². The van der Waals surface area contributed by atoms with E-state index in [-0.39, 0.29) is 11.7 Å². The lowest BCUT2D eigenvalue weighted by molar-refractivity contribution is -0.209. The number of benzene rings is 1. The molecule has 1 aromatic carbocycles. The first kappa shape index (κ1) is 17.0. The minimum atomic E-state index is -4.47. The van der Waals surface area contributed by atoms with E-state index in [1.807, 2.05) is 0 Å². The molecule has 1 N–H and O–H groups in total. The Bertz CT molecular complexity index is 636. The van der Waals surface area contributed by atoms with Crippen molar-refractivity contribution in [1.82, 2.24) is 0 Å². The van der Waals surface area contributed by atoms with Crippen LogP contribution in [-0.4, -0.2) is 38.3 Å². The van der Waals surface area contributed by atoms with E-state index in [1.54, 1.807) is 6.07 Å². The third-order valence-electron chi connectivity index (χ3n) is 4.16. The van der Waals surface area contributed by atoms with Crippen molar-refractivity contribution in [2.45, 2.75) is 30.9 Å². The molecule has 2 saturated heterocycles. The number of halogens is 3. The fourth-order valence-corrected chi connectivity index (χ4v) is 2.85. The largest absolute Gasteiger partial charge is 0.416 e. The van der Waals surface area contributed by atoms with Crippen LogP contribution < -0.4 is 5.32 Å². The number of nitrogens with one attached hydrogen (secondary N) is 1. The molecule has 0 aromatic heterocycles. The maximum absolute atomic E-state index is 12.7. The van der Waals surface area contributed by atoms with Crippen LogP contribution in [0.1, 0.15) is 24.0 Å². The molecule has 2 aliphatic heterocycles. The molecule has 5 nitrogen and oxygen atoms in total. The van der Waals surface area contributed by atoms with E-state index in [9.17, 15) is 13.2 Å². The highest BCUT2D eigenvalue weighted by Crippen LogP contribution is 2.34. The van der Waals surface area contributed by atoms with Crippen LogP contribution in [0.15, 0.2) is 18.2 Å². The number of nitriles is 1. The summed E-state index contributed by atoms with van der Waals surface area (Å²) in [6.07, 6.45) is -3.38. The van der Waals surface area contributed by atoms with Gasteiger partial charge >= 0.3 is 6.18 Å². The Balaban J connectivity index is 1.62. The molecule has 1 unspecified atom stereocenters. The van der Waals surface area contributed by atoms with Crippen molar-refractivity contribution in [3.05, 3.63) is 29.3 Å². The topological polar surface area (TPSA) is 63.5 Å². The SMILES string of the molecule is N#Cc1cc(C(F)(F)F)ccc1NCC1COC2(CCOCC2)O1. The van der Waals surface area contributed by atoms with Crippen molar-refractivity contribution in [3.8, 4) is 6.07 Å². The van der Waals surface area contributed by atoms with Crippen molar-refractivity contribution in [2.75, 3.05) is 31.7 Å². The van der Waals surface area contributed by atoms with Gasteiger partial charge in [-0.1, -0.05) is 0 Å². The first-order valence-electron chi connectivity index (χ1n) is 7.67. The number of rotatable bonds is 3. The highest BCUT2D eigenvalue weighted by atomic mass is 19.4. The zero-order chi connectivity index (χ0) is 17.2. The van der Waals surface area contributed by atoms with E-state index in [4.69, 9.17) is 19.5 Å². The van der Waals surface area contributed by atoms with Gasteiger partial charge < -0.3 is 19.5 Å². The van der Waals surface area contributed by atoms with Crippen LogP contribution in [0.2, 0.25) is 0 Å². The predicted octanol–water partition coefficient (Wildman–Crippen LogP) is 2.91. The van der Waals surface area contributed by atoms with E-state index in [0.717, 1.165) is 12.1 Å². The van der Waals surface area contributed by atoms with Crippen LogP contribution in [0.25, 0.3) is 0 Å². The van der Waals surface area contributed by atoms with E-state index >= 15 is 0 Å². The third kappa shape index (κ3) is 3.64. The van der Waals surface area contributed by atoms with Gasteiger partial charge in [-0.05, 0) is 18.2 Å². The molecule has 0 amide bonds. The summed E-state index contributed by atoms with van der Waals surface area (Å²) < 4.78 is 55.0. The predicted molar refractivity (Wildman–Crippen MR) is 78.3 cm³/mol. The zero-order valence-corrected chi connectivity index (χ0v) is 12.9. The van der Waals surface area contributed by atoms with Crippen molar-refractivity contribution in [2.24, 2.45) is 0 Å². The Hall–Kier alpha value is -1.82. The van der Waals surface area contributed by atoms with Crippen LogP contribution in [0, 0.1) is 11.3 Å². The molecule has 0 bridgehead atoms. The Morgan fingerprint density at radius 3 is 2.71 bits per heavy atom. The van der Waals surface area contributed by atoms with Crippen LogP contribution in [0.5, 0.6) is 0 Å². The number of anilines is 1. The third-order valence-corrected chi connectivity index (χ3v) is 4.16. The van der Waals surface area contributed by atoms with Crippen molar-refractivity contribution >= 4 is 5.69 Å². The number of nitrogens with zero attached hydrogens (tertiary/aromatic N) is 1. The molecule has 0 radical (unpaired) electrons. The average molecular weight is 342 g/mol. The Morgan fingerprint density at radius 2 is 2.04 bits per heavy atom. The van der Waals surface area contributed by atoms with Crippen LogP contribution in [0.4, 0.5) is 18.9 Å². The quantitative estimate of drug-likeness (QED) is 0.915. The summed E-state index contributed by atoms with van der Waals surface area (Å²) in [6, 6.07) is 4.85. The van der Waals surface area contributed by atoms with Gasteiger partial charge in [-0.15, -0.1) is 0 Å². The summed E-state index contributed by atoms with van der Waals surface area (Å²) >= 11 is 0. The van der Waals surface area contributed by atoms with E-state index in [1.165, 1.54) is 6.07 Å². The summed E-state index contributed by atoms with van der Waals surface area (Å²) in [5.74, 6) is -0.608. The average Bonchev–Trinajstić information content (AvgIpc) is 2.95. The second-order valence-corrected chi connectivity index (χ2v) is 5.82. The van der Waals surface area contributed by atoms with Crippen LogP contribution in [-0.2, 0) is 20.4 Å². The molecular weight excluding hydrogens is 325 g/mol. The van der Waals surface area contributed by atoms with Crippen molar-refractivity contribution in [1.29, 1.82) is 5.26 Å². The second-order valence-electron chi connectivity index (χ2n) is 5.82. The molecule has 0 saturated carbocycles. The standard InChI is InChI=1S/C16H17F3N2O3/c17-16(18,19)12-1-2-14(11(7-12)8-20)21-9-13-10-23-15(24-13)3-5-22-6-4-15/h1-2,7,13,21H,3-6,9-10H2. The molecule has 1 atom stereocenters. The molecule has 1 spiro atoms. The summed E-state index contributed by atoms with van der Waals surface area (Å²) in [4.78, 5) is 0. The van der Waals surface area contributed by atoms with Gasteiger partial charge in [0.15, 0.2) is 5.79 Å². The molecule has 2 aliphatic rings. The lowest BCUT2D eigenvalue weighted by atomic mass is 10.1. The summed E-state index contributed by atoms with van der Waals surface area (Å²) in [6.45, 7) is 1.91. The number of alkyl halides is 3. The molecule has 3 rings (SSSR count). The molecule has 130 valence electrons. The molecule has 1 aromatic rings. The minimum absolute atomic E-state index is 0.0514. The molecule has 2 heterocycles. The molecular formula is C16H17F3N2O3. The normalized spacial score (nSPS) is 23.2. The first-order chi connectivity index (χ1) is 11.4. The van der Waals surface area contributed by atoms with Gasteiger partial charge in [0.2, 0.25) is 0 Å². The second kappa shape index (κ2) is 6.59. The van der Waals surface area contributed by atoms with Gasteiger partial charge in [0.25, 0.3) is 0 Å². The van der Waals surface area contributed by atoms with Gasteiger partial charge in [-0.2, -0.15) is 18.4 Å². The van der Waals surface area contributed by atoms with Gasteiger partial charge in [0.05, 0.1) is 36.6 Å². The summed E-state index contributed by atoms with van der Waals surface area (Å²) in [7, 11) is 0. The summed E-state index contributed by atoms with van der Waals surface area (Å²) in [5.41, 5.74) is -0.544. The molecule has 8 heteroatoms. The first-order valence-corrected chi connectivity index (χ1v) is 7.67.